The molecule has 4 nitrogen and oxygen atoms in total. The van der Waals surface area contributed by atoms with E-state index in [1.807, 2.05) is 17.9 Å². The standard InChI is InChI=1S/C11H15BrN4S/c1-3-4-13-11(9-6-14-15-16(9)2)10-5-8(12)7-17-10/h5-7,11,13H,3-4H2,1-2H3. The fourth-order valence-electron chi connectivity index (χ4n) is 1.68. The van der Waals surface area contributed by atoms with E-state index in [0.717, 1.165) is 23.1 Å². The van der Waals surface area contributed by atoms with Gasteiger partial charge in [0.1, 0.15) is 0 Å². The lowest BCUT2D eigenvalue weighted by atomic mass is 10.2. The molecule has 0 saturated heterocycles. The molecule has 1 N–H and O–H groups in total. The Labute approximate surface area is 113 Å². The molecule has 0 aliphatic heterocycles. The fourth-order valence-corrected chi connectivity index (χ4v) is 3.21. The van der Waals surface area contributed by atoms with E-state index in [1.165, 1.54) is 4.88 Å². The molecule has 6 heteroatoms. The van der Waals surface area contributed by atoms with Crippen molar-refractivity contribution in [3.05, 3.63) is 32.7 Å². The highest BCUT2D eigenvalue weighted by atomic mass is 79.9. The second kappa shape index (κ2) is 5.75. The third kappa shape index (κ3) is 2.94. The van der Waals surface area contributed by atoms with Crippen LogP contribution < -0.4 is 5.32 Å². The summed E-state index contributed by atoms with van der Waals surface area (Å²) in [6.07, 6.45) is 2.93. The van der Waals surface area contributed by atoms with Crippen LogP contribution in [-0.4, -0.2) is 21.5 Å². The van der Waals surface area contributed by atoms with Crippen LogP contribution in [0.1, 0.15) is 30.0 Å². The molecule has 1 atom stereocenters. The Hall–Kier alpha value is -0.720. The molecular formula is C11H15BrN4S. The van der Waals surface area contributed by atoms with Crippen molar-refractivity contribution >= 4 is 27.3 Å². The summed E-state index contributed by atoms with van der Waals surface area (Å²) >= 11 is 5.23. The van der Waals surface area contributed by atoms with Crippen molar-refractivity contribution in [2.24, 2.45) is 7.05 Å². The average Bonchev–Trinajstić information content (AvgIpc) is 2.90. The van der Waals surface area contributed by atoms with Crippen LogP contribution in [-0.2, 0) is 7.05 Å². The first-order chi connectivity index (χ1) is 8.22. The monoisotopic (exact) mass is 314 g/mol. The smallest absolute Gasteiger partial charge is 0.0858 e. The van der Waals surface area contributed by atoms with Gasteiger partial charge in [0.15, 0.2) is 0 Å². The normalized spacial score (nSPS) is 12.9. The van der Waals surface area contributed by atoms with Gasteiger partial charge in [-0.15, -0.1) is 16.4 Å². The highest BCUT2D eigenvalue weighted by molar-refractivity contribution is 9.10. The Morgan fingerprint density at radius 1 is 1.59 bits per heavy atom. The Bertz CT molecular complexity index is 479. The zero-order valence-corrected chi connectivity index (χ0v) is 12.3. The lowest BCUT2D eigenvalue weighted by molar-refractivity contribution is 0.556. The highest BCUT2D eigenvalue weighted by Gasteiger charge is 2.18. The highest BCUT2D eigenvalue weighted by Crippen LogP contribution is 2.29. The van der Waals surface area contributed by atoms with Crippen molar-refractivity contribution in [1.29, 1.82) is 0 Å². The van der Waals surface area contributed by atoms with Gasteiger partial charge in [0, 0.05) is 21.8 Å². The number of rotatable bonds is 5. The summed E-state index contributed by atoms with van der Waals surface area (Å²) in [5.74, 6) is 0. The predicted octanol–water partition coefficient (Wildman–Crippen LogP) is 2.73. The van der Waals surface area contributed by atoms with Gasteiger partial charge in [0.2, 0.25) is 0 Å². The quantitative estimate of drug-likeness (QED) is 0.922. The maximum Gasteiger partial charge on any atom is 0.0858 e. The molecule has 0 aromatic carbocycles. The summed E-state index contributed by atoms with van der Waals surface area (Å²) in [4.78, 5) is 1.27. The van der Waals surface area contributed by atoms with Crippen molar-refractivity contribution in [2.75, 3.05) is 6.54 Å². The molecule has 92 valence electrons. The molecule has 1 unspecified atom stereocenters. The van der Waals surface area contributed by atoms with Crippen LogP contribution in [0.25, 0.3) is 0 Å². The fraction of sp³-hybridized carbons (Fsp3) is 0.455. The first-order valence-corrected chi connectivity index (χ1v) is 7.21. The van der Waals surface area contributed by atoms with E-state index in [9.17, 15) is 0 Å². The van der Waals surface area contributed by atoms with E-state index < -0.39 is 0 Å². The predicted molar refractivity (Wildman–Crippen MR) is 73.2 cm³/mol. The maximum atomic E-state index is 4.00. The third-order valence-electron chi connectivity index (χ3n) is 2.52. The molecular weight excluding hydrogens is 300 g/mol. The minimum atomic E-state index is 0.172. The van der Waals surface area contributed by atoms with E-state index in [0.29, 0.717) is 0 Å². The lowest BCUT2D eigenvalue weighted by Crippen LogP contribution is -2.24. The number of aryl methyl sites for hydroxylation is 1. The minimum Gasteiger partial charge on any atom is -0.304 e. The second-order valence-electron chi connectivity index (χ2n) is 3.84. The molecule has 2 aromatic rings. The molecule has 0 fully saturated rings. The summed E-state index contributed by atoms with van der Waals surface area (Å²) in [7, 11) is 1.92. The number of aromatic nitrogens is 3. The number of hydrogen-bond donors (Lipinski definition) is 1. The Balaban J connectivity index is 2.28. The van der Waals surface area contributed by atoms with Crippen molar-refractivity contribution in [3.8, 4) is 0 Å². The first-order valence-electron chi connectivity index (χ1n) is 5.54. The van der Waals surface area contributed by atoms with E-state index in [4.69, 9.17) is 0 Å². The molecule has 17 heavy (non-hydrogen) atoms. The van der Waals surface area contributed by atoms with Gasteiger partial charge in [-0.2, -0.15) is 0 Å². The zero-order valence-electron chi connectivity index (χ0n) is 9.85. The van der Waals surface area contributed by atoms with E-state index >= 15 is 0 Å². The summed E-state index contributed by atoms with van der Waals surface area (Å²) in [5.41, 5.74) is 1.09. The average molecular weight is 315 g/mol. The van der Waals surface area contributed by atoms with Gasteiger partial charge in [-0.25, -0.2) is 0 Å². The van der Waals surface area contributed by atoms with Crippen LogP contribution in [0.3, 0.4) is 0 Å². The largest absolute Gasteiger partial charge is 0.304 e. The number of halogens is 1. The van der Waals surface area contributed by atoms with Crippen LogP contribution in [0.15, 0.2) is 22.1 Å². The summed E-state index contributed by atoms with van der Waals surface area (Å²) < 4.78 is 2.94. The molecule has 2 rings (SSSR count). The minimum absolute atomic E-state index is 0.172. The van der Waals surface area contributed by atoms with Gasteiger partial charge in [-0.05, 0) is 35.0 Å². The maximum absolute atomic E-state index is 4.00. The molecule has 0 amide bonds. The van der Waals surface area contributed by atoms with Crippen LogP contribution in [0.4, 0.5) is 0 Å². The second-order valence-corrected chi connectivity index (χ2v) is 5.70. The van der Waals surface area contributed by atoms with Crippen LogP contribution in [0.2, 0.25) is 0 Å². The Morgan fingerprint density at radius 2 is 2.41 bits per heavy atom. The summed E-state index contributed by atoms with van der Waals surface area (Å²) in [5, 5.41) is 13.6. The Kier molecular flexibility index (Phi) is 4.31. The van der Waals surface area contributed by atoms with E-state index in [1.54, 1.807) is 11.3 Å². The molecule has 0 bridgehead atoms. The van der Waals surface area contributed by atoms with Crippen LogP contribution in [0, 0.1) is 0 Å². The van der Waals surface area contributed by atoms with Gasteiger partial charge < -0.3 is 5.32 Å². The Morgan fingerprint density at radius 3 is 2.94 bits per heavy atom. The topological polar surface area (TPSA) is 42.7 Å². The van der Waals surface area contributed by atoms with Crippen molar-refractivity contribution in [1.82, 2.24) is 20.3 Å². The number of thiophene rings is 1. The van der Waals surface area contributed by atoms with E-state index in [2.05, 4.69) is 49.9 Å². The number of hydrogen-bond acceptors (Lipinski definition) is 4. The van der Waals surface area contributed by atoms with Crippen LogP contribution in [0.5, 0.6) is 0 Å². The van der Waals surface area contributed by atoms with Crippen molar-refractivity contribution in [2.45, 2.75) is 19.4 Å². The zero-order chi connectivity index (χ0) is 12.3. The number of nitrogens with zero attached hydrogens (tertiary/aromatic N) is 3. The molecule has 2 heterocycles. The van der Waals surface area contributed by atoms with E-state index in [-0.39, 0.29) is 6.04 Å². The van der Waals surface area contributed by atoms with Crippen LogP contribution >= 0.6 is 27.3 Å². The molecule has 0 spiro atoms. The molecule has 0 saturated carbocycles. The van der Waals surface area contributed by atoms with Gasteiger partial charge in [-0.1, -0.05) is 12.1 Å². The van der Waals surface area contributed by atoms with Gasteiger partial charge >= 0.3 is 0 Å². The third-order valence-corrected chi connectivity index (χ3v) is 4.27. The molecule has 0 aliphatic rings. The molecule has 2 aromatic heterocycles. The summed E-state index contributed by atoms with van der Waals surface area (Å²) in [6.45, 7) is 3.14. The van der Waals surface area contributed by atoms with Crippen molar-refractivity contribution < 1.29 is 0 Å². The molecule has 0 radical (unpaired) electrons. The van der Waals surface area contributed by atoms with Gasteiger partial charge in [0.05, 0.1) is 17.9 Å². The van der Waals surface area contributed by atoms with Gasteiger partial charge in [-0.3, -0.25) is 4.68 Å². The molecule has 0 aliphatic carbocycles. The lowest BCUT2D eigenvalue weighted by Gasteiger charge is -2.16. The summed E-state index contributed by atoms with van der Waals surface area (Å²) in [6, 6.07) is 2.32. The SMILES string of the molecule is CCCNC(c1cc(Br)cs1)c1cnnn1C. The van der Waals surface area contributed by atoms with Crippen molar-refractivity contribution in [3.63, 3.8) is 0 Å². The number of nitrogens with one attached hydrogen (secondary N) is 1. The van der Waals surface area contributed by atoms with Gasteiger partial charge in [0.25, 0.3) is 0 Å². The first kappa shape index (κ1) is 12.7.